The van der Waals surface area contributed by atoms with Crippen LogP contribution in [-0.2, 0) is 4.74 Å². The molecule has 1 N–H and O–H groups in total. The minimum absolute atomic E-state index is 0.290. The predicted octanol–water partition coefficient (Wildman–Crippen LogP) is 1.23. The predicted molar refractivity (Wildman–Crippen MR) is 71.8 cm³/mol. The van der Waals surface area contributed by atoms with Crippen LogP contribution in [0.25, 0.3) is 0 Å². The molecule has 0 aromatic carbocycles. The molecule has 0 unspecified atom stereocenters. The van der Waals surface area contributed by atoms with Gasteiger partial charge in [-0.1, -0.05) is 0 Å². The molecule has 0 radical (unpaired) electrons. The Hall–Kier alpha value is -1.64. The third-order valence-corrected chi connectivity index (χ3v) is 3.89. The molecule has 0 bridgehead atoms. The number of likely N-dealkylation sites (tertiary alicyclic amines) is 1. The third-order valence-electron chi connectivity index (χ3n) is 3.89. The lowest BCUT2D eigenvalue weighted by Gasteiger charge is -2.28. The van der Waals surface area contributed by atoms with Gasteiger partial charge < -0.3 is 10.1 Å². The van der Waals surface area contributed by atoms with E-state index in [9.17, 15) is 0 Å². The fourth-order valence-electron chi connectivity index (χ4n) is 2.85. The molecular formula is C14H18N4O. The van der Waals surface area contributed by atoms with E-state index in [0.717, 1.165) is 19.0 Å². The monoisotopic (exact) mass is 258 g/mol. The summed E-state index contributed by atoms with van der Waals surface area (Å²) in [6.07, 6.45) is 4.18. The highest BCUT2D eigenvalue weighted by Crippen LogP contribution is 2.21. The van der Waals surface area contributed by atoms with Crippen molar-refractivity contribution >= 4 is 5.82 Å². The molecule has 5 nitrogen and oxygen atoms in total. The quantitative estimate of drug-likeness (QED) is 0.883. The molecule has 2 fully saturated rings. The van der Waals surface area contributed by atoms with Gasteiger partial charge in [-0.15, -0.1) is 0 Å². The SMILES string of the molecule is N#Cc1ccc(N[C@H]2COC[C@@H]2N2CCCC2)nc1. The number of ether oxygens (including phenoxy) is 1. The zero-order valence-corrected chi connectivity index (χ0v) is 10.9. The molecule has 0 amide bonds. The fraction of sp³-hybridized carbons (Fsp3) is 0.571. The topological polar surface area (TPSA) is 61.2 Å². The van der Waals surface area contributed by atoms with Crippen molar-refractivity contribution in [3.63, 3.8) is 0 Å². The molecule has 100 valence electrons. The molecule has 3 heterocycles. The Morgan fingerprint density at radius 1 is 1.32 bits per heavy atom. The summed E-state index contributed by atoms with van der Waals surface area (Å²) in [7, 11) is 0. The molecule has 5 heteroatoms. The number of nitrogens with zero attached hydrogens (tertiary/aromatic N) is 3. The van der Waals surface area contributed by atoms with E-state index in [2.05, 4.69) is 21.3 Å². The van der Waals surface area contributed by atoms with Crippen LogP contribution in [0.2, 0.25) is 0 Å². The first-order valence-electron chi connectivity index (χ1n) is 6.81. The minimum Gasteiger partial charge on any atom is -0.378 e. The number of aromatic nitrogens is 1. The number of nitriles is 1. The van der Waals surface area contributed by atoms with Crippen LogP contribution in [0, 0.1) is 11.3 Å². The molecule has 0 spiro atoms. The van der Waals surface area contributed by atoms with Crippen molar-refractivity contribution < 1.29 is 4.74 Å². The summed E-state index contributed by atoms with van der Waals surface area (Å²) in [4.78, 5) is 6.77. The maximum atomic E-state index is 8.76. The van der Waals surface area contributed by atoms with Gasteiger partial charge in [0, 0.05) is 6.20 Å². The largest absolute Gasteiger partial charge is 0.378 e. The number of hydrogen-bond acceptors (Lipinski definition) is 5. The maximum absolute atomic E-state index is 8.76. The number of nitrogens with one attached hydrogen (secondary N) is 1. The Morgan fingerprint density at radius 2 is 2.16 bits per heavy atom. The van der Waals surface area contributed by atoms with Crippen LogP contribution in [0.4, 0.5) is 5.82 Å². The van der Waals surface area contributed by atoms with E-state index in [4.69, 9.17) is 10.00 Å². The van der Waals surface area contributed by atoms with Gasteiger partial charge in [0.1, 0.15) is 11.9 Å². The average Bonchev–Trinajstić information content (AvgIpc) is 3.10. The zero-order valence-electron chi connectivity index (χ0n) is 10.9. The van der Waals surface area contributed by atoms with Gasteiger partial charge in [0.25, 0.3) is 0 Å². The van der Waals surface area contributed by atoms with Gasteiger partial charge in [0.05, 0.1) is 30.9 Å². The molecule has 1 aromatic rings. The van der Waals surface area contributed by atoms with Crippen LogP contribution in [-0.4, -0.2) is 48.3 Å². The van der Waals surface area contributed by atoms with Crippen LogP contribution in [0.5, 0.6) is 0 Å². The van der Waals surface area contributed by atoms with Crippen LogP contribution >= 0.6 is 0 Å². The van der Waals surface area contributed by atoms with Crippen LogP contribution in [0.3, 0.4) is 0 Å². The van der Waals surface area contributed by atoms with Gasteiger partial charge in [0.2, 0.25) is 0 Å². The van der Waals surface area contributed by atoms with Crippen molar-refractivity contribution in [2.75, 3.05) is 31.6 Å². The summed E-state index contributed by atoms with van der Waals surface area (Å²) >= 11 is 0. The van der Waals surface area contributed by atoms with Gasteiger partial charge in [-0.3, -0.25) is 4.90 Å². The highest BCUT2D eigenvalue weighted by molar-refractivity contribution is 5.40. The highest BCUT2D eigenvalue weighted by Gasteiger charge is 2.34. The number of hydrogen-bond donors (Lipinski definition) is 1. The molecule has 2 atom stereocenters. The average molecular weight is 258 g/mol. The summed E-state index contributed by atoms with van der Waals surface area (Å²) in [6, 6.07) is 6.46. The second-order valence-electron chi connectivity index (χ2n) is 5.14. The van der Waals surface area contributed by atoms with Gasteiger partial charge in [0.15, 0.2) is 0 Å². The molecule has 3 rings (SSSR count). The first kappa shape index (κ1) is 12.4. The molecule has 2 saturated heterocycles. The Morgan fingerprint density at radius 3 is 2.84 bits per heavy atom. The third kappa shape index (κ3) is 2.70. The van der Waals surface area contributed by atoms with Crippen LogP contribution in [0.1, 0.15) is 18.4 Å². The first-order chi connectivity index (χ1) is 9.36. The van der Waals surface area contributed by atoms with Crippen LogP contribution < -0.4 is 5.32 Å². The van der Waals surface area contributed by atoms with Crippen molar-refractivity contribution in [2.24, 2.45) is 0 Å². The lowest BCUT2D eigenvalue weighted by atomic mass is 10.1. The molecule has 2 aliphatic rings. The minimum atomic E-state index is 0.290. The summed E-state index contributed by atoms with van der Waals surface area (Å²) < 4.78 is 5.61. The Kier molecular flexibility index (Phi) is 3.62. The molecule has 0 saturated carbocycles. The summed E-state index contributed by atoms with van der Waals surface area (Å²) in [5.74, 6) is 0.818. The second kappa shape index (κ2) is 5.55. The van der Waals surface area contributed by atoms with E-state index in [1.165, 1.54) is 25.9 Å². The normalized spacial score (nSPS) is 27.3. The zero-order chi connectivity index (χ0) is 13.1. The van der Waals surface area contributed by atoms with E-state index in [1.54, 1.807) is 12.3 Å². The standard InChI is InChI=1S/C14H18N4O/c15-7-11-3-4-14(16-8-11)17-12-9-19-10-13(12)18-5-1-2-6-18/h3-4,8,12-13H,1-2,5-6,9-10H2,(H,16,17)/t12-,13-/m0/s1. The van der Waals surface area contributed by atoms with Gasteiger partial charge in [-0.2, -0.15) is 5.26 Å². The highest BCUT2D eigenvalue weighted by atomic mass is 16.5. The van der Waals surface area contributed by atoms with E-state index < -0.39 is 0 Å². The van der Waals surface area contributed by atoms with Crippen LogP contribution in [0.15, 0.2) is 18.3 Å². The lowest BCUT2D eigenvalue weighted by Crippen LogP contribution is -2.45. The fourth-order valence-corrected chi connectivity index (χ4v) is 2.85. The van der Waals surface area contributed by atoms with Gasteiger partial charge in [-0.25, -0.2) is 4.98 Å². The Bertz CT molecular complexity index is 461. The molecule has 0 aliphatic carbocycles. The van der Waals surface area contributed by atoms with Gasteiger partial charge in [-0.05, 0) is 38.1 Å². The van der Waals surface area contributed by atoms with E-state index >= 15 is 0 Å². The van der Waals surface area contributed by atoms with Gasteiger partial charge >= 0.3 is 0 Å². The number of anilines is 1. The van der Waals surface area contributed by atoms with E-state index in [0.29, 0.717) is 17.6 Å². The first-order valence-corrected chi connectivity index (χ1v) is 6.81. The van der Waals surface area contributed by atoms with Crippen molar-refractivity contribution in [1.82, 2.24) is 9.88 Å². The maximum Gasteiger partial charge on any atom is 0.126 e. The second-order valence-corrected chi connectivity index (χ2v) is 5.14. The summed E-state index contributed by atoms with van der Waals surface area (Å²) in [6.45, 7) is 3.87. The van der Waals surface area contributed by atoms with Crippen molar-refractivity contribution in [3.8, 4) is 6.07 Å². The molecule has 1 aromatic heterocycles. The molecule has 19 heavy (non-hydrogen) atoms. The van der Waals surface area contributed by atoms with E-state index in [1.807, 2.05) is 6.07 Å². The van der Waals surface area contributed by atoms with E-state index in [-0.39, 0.29) is 0 Å². The molecule has 2 aliphatic heterocycles. The number of rotatable bonds is 3. The van der Waals surface area contributed by atoms with Crippen molar-refractivity contribution in [2.45, 2.75) is 24.9 Å². The van der Waals surface area contributed by atoms with Crippen molar-refractivity contribution in [1.29, 1.82) is 5.26 Å². The smallest absolute Gasteiger partial charge is 0.126 e. The Balaban J connectivity index is 1.65. The number of pyridine rings is 1. The molecular weight excluding hydrogens is 240 g/mol. The summed E-state index contributed by atoms with van der Waals surface area (Å²) in [5, 5.41) is 12.2. The Labute approximate surface area is 113 Å². The lowest BCUT2D eigenvalue weighted by molar-refractivity contribution is 0.159. The van der Waals surface area contributed by atoms with Crippen molar-refractivity contribution in [3.05, 3.63) is 23.9 Å². The summed E-state index contributed by atoms with van der Waals surface area (Å²) in [5.41, 5.74) is 0.587.